The molecule has 0 atom stereocenters. The molecule has 1 rings (SSSR count). The molecule has 104 valence electrons. The van der Waals surface area contributed by atoms with Crippen LogP contribution in [0.4, 0.5) is 17.5 Å². The van der Waals surface area contributed by atoms with E-state index in [0.717, 1.165) is 0 Å². The maximum absolute atomic E-state index is 11.1. The van der Waals surface area contributed by atoms with Gasteiger partial charge in [-0.25, -0.2) is 4.98 Å². The van der Waals surface area contributed by atoms with E-state index in [0.29, 0.717) is 0 Å². The van der Waals surface area contributed by atoms with Gasteiger partial charge in [-0.05, 0) is 20.8 Å². The molecule has 0 saturated carbocycles. The first kappa shape index (κ1) is 14.6. The SMILES string of the molecule is Cc1nc(N)nc(N(CC(N)=O)C(C)C)c1[N+](=O)[O-]. The van der Waals surface area contributed by atoms with E-state index in [9.17, 15) is 14.9 Å². The molecule has 1 amide bonds. The zero-order valence-corrected chi connectivity index (χ0v) is 11.0. The minimum Gasteiger partial charge on any atom is -0.368 e. The molecule has 9 heteroatoms. The first-order chi connectivity index (χ1) is 8.73. The number of aromatic nitrogens is 2. The average molecular weight is 268 g/mol. The predicted octanol–water partition coefficient (Wildman–Crippen LogP) is -0.0245. The minimum absolute atomic E-state index is 0.00352. The van der Waals surface area contributed by atoms with Crippen molar-refractivity contribution in [2.45, 2.75) is 26.8 Å². The van der Waals surface area contributed by atoms with E-state index >= 15 is 0 Å². The van der Waals surface area contributed by atoms with Gasteiger partial charge in [0.15, 0.2) is 0 Å². The highest BCUT2D eigenvalue weighted by Gasteiger charge is 2.28. The van der Waals surface area contributed by atoms with Crippen molar-refractivity contribution in [2.75, 3.05) is 17.2 Å². The summed E-state index contributed by atoms with van der Waals surface area (Å²) in [4.78, 5) is 30.6. The molecule has 0 fully saturated rings. The summed E-state index contributed by atoms with van der Waals surface area (Å²) in [6.07, 6.45) is 0. The van der Waals surface area contributed by atoms with Gasteiger partial charge in [0.25, 0.3) is 0 Å². The van der Waals surface area contributed by atoms with Gasteiger partial charge in [0.05, 0.1) is 11.5 Å². The smallest absolute Gasteiger partial charge is 0.332 e. The van der Waals surface area contributed by atoms with Crippen LogP contribution in [-0.4, -0.2) is 33.4 Å². The normalized spacial score (nSPS) is 10.5. The number of anilines is 2. The standard InChI is InChI=1S/C10H16N6O3/c1-5(2)15(4-7(11)17)9-8(16(18)19)6(3)13-10(12)14-9/h5H,4H2,1-3H3,(H2,11,17)(H2,12,13,14). The van der Waals surface area contributed by atoms with Crippen molar-refractivity contribution in [1.82, 2.24) is 9.97 Å². The van der Waals surface area contributed by atoms with Gasteiger partial charge in [-0.1, -0.05) is 0 Å². The number of hydrogen-bond acceptors (Lipinski definition) is 7. The van der Waals surface area contributed by atoms with E-state index < -0.39 is 10.8 Å². The number of hydrogen-bond donors (Lipinski definition) is 2. The molecule has 0 bridgehead atoms. The van der Waals surface area contributed by atoms with Crippen molar-refractivity contribution < 1.29 is 9.72 Å². The fraction of sp³-hybridized carbons (Fsp3) is 0.500. The molecule has 0 saturated heterocycles. The molecule has 1 aromatic heterocycles. The van der Waals surface area contributed by atoms with Crippen LogP contribution in [0.15, 0.2) is 0 Å². The first-order valence-electron chi connectivity index (χ1n) is 5.57. The van der Waals surface area contributed by atoms with E-state index in [1.165, 1.54) is 11.8 Å². The third-order valence-electron chi connectivity index (χ3n) is 2.46. The topological polar surface area (TPSA) is 141 Å². The van der Waals surface area contributed by atoms with E-state index in [2.05, 4.69) is 9.97 Å². The Balaban J connectivity index is 3.43. The molecule has 0 aromatic carbocycles. The number of amides is 1. The molecule has 9 nitrogen and oxygen atoms in total. The molecule has 19 heavy (non-hydrogen) atoms. The fourth-order valence-corrected chi connectivity index (χ4v) is 1.66. The lowest BCUT2D eigenvalue weighted by Crippen LogP contribution is -2.39. The van der Waals surface area contributed by atoms with Crippen LogP contribution < -0.4 is 16.4 Å². The Morgan fingerprint density at radius 3 is 2.47 bits per heavy atom. The molecule has 0 unspecified atom stereocenters. The van der Waals surface area contributed by atoms with Crippen LogP contribution in [0.3, 0.4) is 0 Å². The van der Waals surface area contributed by atoms with Crippen LogP contribution in [0.2, 0.25) is 0 Å². The number of nitrogen functional groups attached to an aromatic ring is 1. The van der Waals surface area contributed by atoms with Gasteiger partial charge < -0.3 is 16.4 Å². The monoisotopic (exact) mass is 268 g/mol. The number of nitro groups is 1. The van der Waals surface area contributed by atoms with E-state index in [-0.39, 0.29) is 35.7 Å². The second-order valence-electron chi connectivity index (χ2n) is 4.28. The maximum atomic E-state index is 11.1. The lowest BCUT2D eigenvalue weighted by atomic mass is 10.2. The van der Waals surface area contributed by atoms with E-state index in [1.807, 2.05) is 0 Å². The summed E-state index contributed by atoms with van der Waals surface area (Å²) in [6.45, 7) is 4.80. The summed E-state index contributed by atoms with van der Waals surface area (Å²) in [5.74, 6) is -0.699. The molecule has 1 heterocycles. The number of nitrogens with zero attached hydrogens (tertiary/aromatic N) is 4. The number of carbonyl (C=O) groups excluding carboxylic acids is 1. The van der Waals surface area contributed by atoms with Gasteiger partial charge in [-0.3, -0.25) is 14.9 Å². The van der Waals surface area contributed by atoms with Crippen LogP contribution in [0.1, 0.15) is 19.5 Å². The van der Waals surface area contributed by atoms with Crippen LogP contribution in [0.5, 0.6) is 0 Å². The molecule has 0 radical (unpaired) electrons. The van der Waals surface area contributed by atoms with Crippen molar-refractivity contribution in [2.24, 2.45) is 5.73 Å². The Morgan fingerprint density at radius 2 is 2.05 bits per heavy atom. The van der Waals surface area contributed by atoms with Crippen LogP contribution in [0.25, 0.3) is 0 Å². The summed E-state index contributed by atoms with van der Waals surface area (Å²) >= 11 is 0. The van der Waals surface area contributed by atoms with Crippen LogP contribution in [0, 0.1) is 17.0 Å². The number of carbonyl (C=O) groups is 1. The Hall–Kier alpha value is -2.45. The molecule has 0 aliphatic rings. The summed E-state index contributed by atoms with van der Waals surface area (Å²) in [5, 5.41) is 11.1. The number of rotatable bonds is 5. The lowest BCUT2D eigenvalue weighted by molar-refractivity contribution is -0.385. The lowest BCUT2D eigenvalue weighted by Gasteiger charge is -2.26. The predicted molar refractivity (Wildman–Crippen MR) is 69.5 cm³/mol. The third-order valence-corrected chi connectivity index (χ3v) is 2.46. The molecule has 0 aliphatic carbocycles. The summed E-state index contributed by atoms with van der Waals surface area (Å²) < 4.78 is 0. The maximum Gasteiger partial charge on any atom is 0.332 e. The first-order valence-corrected chi connectivity index (χ1v) is 5.57. The Bertz CT molecular complexity index is 516. The highest BCUT2D eigenvalue weighted by atomic mass is 16.6. The minimum atomic E-state index is -0.613. The third kappa shape index (κ3) is 3.27. The van der Waals surface area contributed by atoms with Gasteiger partial charge in [0, 0.05) is 6.04 Å². The highest BCUT2D eigenvalue weighted by Crippen LogP contribution is 2.30. The number of nitrogens with two attached hydrogens (primary N) is 2. The van der Waals surface area contributed by atoms with Gasteiger partial charge in [0.2, 0.25) is 17.7 Å². The Labute approximate surface area is 109 Å². The largest absolute Gasteiger partial charge is 0.368 e. The van der Waals surface area contributed by atoms with Crippen molar-refractivity contribution >= 4 is 23.4 Å². The van der Waals surface area contributed by atoms with Gasteiger partial charge in [-0.2, -0.15) is 4.98 Å². The molecule has 4 N–H and O–H groups in total. The molecular weight excluding hydrogens is 252 g/mol. The van der Waals surface area contributed by atoms with Gasteiger partial charge in [-0.15, -0.1) is 0 Å². The zero-order valence-electron chi connectivity index (χ0n) is 11.0. The molecule has 0 aliphatic heterocycles. The van der Waals surface area contributed by atoms with Gasteiger partial charge >= 0.3 is 5.69 Å². The molecule has 1 aromatic rings. The van der Waals surface area contributed by atoms with Crippen molar-refractivity contribution in [3.63, 3.8) is 0 Å². The molecular formula is C10H16N6O3. The second kappa shape index (κ2) is 5.46. The van der Waals surface area contributed by atoms with Crippen LogP contribution >= 0.6 is 0 Å². The number of aryl methyl sites for hydroxylation is 1. The summed E-state index contributed by atoms with van der Waals surface area (Å²) in [6, 6.07) is -0.208. The highest BCUT2D eigenvalue weighted by molar-refractivity contribution is 5.80. The van der Waals surface area contributed by atoms with Crippen molar-refractivity contribution in [3.05, 3.63) is 15.8 Å². The van der Waals surface area contributed by atoms with E-state index in [1.54, 1.807) is 13.8 Å². The summed E-state index contributed by atoms with van der Waals surface area (Å²) in [5.41, 5.74) is 10.5. The van der Waals surface area contributed by atoms with Gasteiger partial charge in [0.1, 0.15) is 5.69 Å². The second-order valence-corrected chi connectivity index (χ2v) is 4.28. The Kier molecular flexibility index (Phi) is 4.20. The van der Waals surface area contributed by atoms with Crippen LogP contribution in [-0.2, 0) is 4.79 Å². The Morgan fingerprint density at radius 1 is 1.47 bits per heavy atom. The van der Waals surface area contributed by atoms with Crippen molar-refractivity contribution in [3.8, 4) is 0 Å². The average Bonchev–Trinajstić information content (AvgIpc) is 2.23. The zero-order chi connectivity index (χ0) is 14.7. The number of primary amides is 1. The van der Waals surface area contributed by atoms with Crippen molar-refractivity contribution in [1.29, 1.82) is 0 Å². The fourth-order valence-electron chi connectivity index (χ4n) is 1.66. The van der Waals surface area contributed by atoms with E-state index in [4.69, 9.17) is 11.5 Å². The quantitative estimate of drug-likeness (QED) is 0.564. The summed E-state index contributed by atoms with van der Waals surface area (Å²) in [7, 11) is 0. The molecule has 0 spiro atoms.